The van der Waals surface area contributed by atoms with Gasteiger partial charge in [-0.05, 0) is 25.3 Å². The van der Waals surface area contributed by atoms with Crippen molar-refractivity contribution in [1.29, 1.82) is 0 Å². The molecule has 1 aromatic heterocycles. The highest BCUT2D eigenvalue weighted by atomic mass is 32.2. The van der Waals surface area contributed by atoms with Gasteiger partial charge in [-0.2, -0.15) is 0 Å². The maximum Gasteiger partial charge on any atom is 0.220 e. The van der Waals surface area contributed by atoms with E-state index in [0.717, 1.165) is 36.2 Å². The van der Waals surface area contributed by atoms with Crippen LogP contribution in [0.1, 0.15) is 36.2 Å². The Balaban J connectivity index is 1.53. The molecule has 1 atom stereocenters. The molecule has 0 saturated carbocycles. The molecule has 2 heterocycles. The van der Waals surface area contributed by atoms with Crippen LogP contribution in [0, 0.1) is 6.92 Å². The first kappa shape index (κ1) is 20.6. The van der Waals surface area contributed by atoms with Gasteiger partial charge >= 0.3 is 0 Å². The fraction of sp³-hybridized carbons (Fsp3) is 0.476. The zero-order valence-corrected chi connectivity index (χ0v) is 17.2. The zero-order chi connectivity index (χ0) is 19.8. The van der Waals surface area contributed by atoms with Gasteiger partial charge < -0.3 is 14.6 Å². The summed E-state index contributed by atoms with van der Waals surface area (Å²) in [5.41, 5.74) is 2.51. The third-order valence-electron chi connectivity index (χ3n) is 4.68. The minimum atomic E-state index is 0.0256. The molecule has 28 heavy (non-hydrogen) atoms. The van der Waals surface area contributed by atoms with Crippen LogP contribution in [0.2, 0.25) is 0 Å². The Bertz CT molecular complexity index is 799. The Labute approximate surface area is 170 Å². The first-order valence-corrected chi connectivity index (χ1v) is 10.7. The van der Waals surface area contributed by atoms with Crippen molar-refractivity contribution in [3.8, 4) is 0 Å². The van der Waals surface area contributed by atoms with Crippen LogP contribution in [-0.2, 0) is 28.2 Å². The smallest absolute Gasteiger partial charge is 0.220 e. The number of nitrogens with one attached hydrogen (secondary N) is 1. The van der Waals surface area contributed by atoms with Gasteiger partial charge in [-0.15, -0.1) is 16.8 Å². The molecule has 1 amide bonds. The van der Waals surface area contributed by atoms with E-state index in [1.807, 2.05) is 10.6 Å². The van der Waals surface area contributed by atoms with Crippen LogP contribution in [0.5, 0.6) is 0 Å². The van der Waals surface area contributed by atoms with Crippen LogP contribution in [-0.4, -0.2) is 39.9 Å². The van der Waals surface area contributed by atoms with Crippen LogP contribution >= 0.6 is 11.8 Å². The maximum atomic E-state index is 12.1. The highest BCUT2D eigenvalue weighted by Crippen LogP contribution is 2.23. The molecule has 3 rings (SSSR count). The van der Waals surface area contributed by atoms with Crippen molar-refractivity contribution >= 4 is 17.7 Å². The van der Waals surface area contributed by atoms with Crippen molar-refractivity contribution in [2.45, 2.75) is 56.2 Å². The first-order valence-electron chi connectivity index (χ1n) is 9.75. The SMILES string of the molecule is C=CCn1c(CCC(=O)NCC2CCCO2)nnc1SCc1cccc(C)c1. The van der Waals surface area contributed by atoms with Crippen LogP contribution in [0.25, 0.3) is 0 Å². The molecule has 7 heteroatoms. The molecule has 0 aliphatic carbocycles. The second-order valence-electron chi connectivity index (χ2n) is 7.01. The van der Waals surface area contributed by atoms with Gasteiger partial charge in [0.05, 0.1) is 6.10 Å². The molecule has 1 aromatic carbocycles. The van der Waals surface area contributed by atoms with Crippen LogP contribution < -0.4 is 5.32 Å². The van der Waals surface area contributed by atoms with E-state index in [2.05, 4.69) is 53.3 Å². The fourth-order valence-corrected chi connectivity index (χ4v) is 4.13. The monoisotopic (exact) mass is 400 g/mol. The number of aromatic nitrogens is 3. The van der Waals surface area contributed by atoms with Crippen molar-refractivity contribution in [2.75, 3.05) is 13.2 Å². The number of aryl methyl sites for hydroxylation is 2. The predicted molar refractivity (Wildman–Crippen MR) is 111 cm³/mol. The lowest BCUT2D eigenvalue weighted by Crippen LogP contribution is -2.32. The van der Waals surface area contributed by atoms with E-state index < -0.39 is 0 Å². The van der Waals surface area contributed by atoms with Crippen LogP contribution in [0.15, 0.2) is 42.1 Å². The van der Waals surface area contributed by atoms with Crippen molar-refractivity contribution in [1.82, 2.24) is 20.1 Å². The summed E-state index contributed by atoms with van der Waals surface area (Å²) in [5.74, 6) is 1.68. The highest BCUT2D eigenvalue weighted by Gasteiger charge is 2.17. The normalized spacial score (nSPS) is 16.2. The quantitative estimate of drug-likeness (QED) is 0.490. The molecule has 0 spiro atoms. The number of allylic oxidation sites excluding steroid dienone is 1. The Morgan fingerprint density at radius 1 is 1.46 bits per heavy atom. The Hall–Kier alpha value is -2.12. The number of thioether (sulfide) groups is 1. The van der Waals surface area contributed by atoms with Gasteiger partial charge in [-0.1, -0.05) is 47.7 Å². The second-order valence-corrected chi connectivity index (χ2v) is 7.96. The lowest BCUT2D eigenvalue weighted by atomic mass is 10.2. The van der Waals surface area contributed by atoms with Gasteiger partial charge in [0, 0.05) is 38.3 Å². The molecule has 0 radical (unpaired) electrons. The zero-order valence-electron chi connectivity index (χ0n) is 16.4. The molecule has 6 nitrogen and oxygen atoms in total. The second kappa shape index (κ2) is 10.4. The van der Waals surface area contributed by atoms with E-state index in [1.165, 1.54) is 11.1 Å². The summed E-state index contributed by atoms with van der Waals surface area (Å²) in [6.07, 6.45) is 5.05. The number of nitrogens with zero attached hydrogens (tertiary/aromatic N) is 3. The van der Waals surface area contributed by atoms with Gasteiger partial charge in [0.2, 0.25) is 5.91 Å². The standard InChI is InChI=1S/C21H28N4O2S/c1-3-11-25-19(9-10-20(26)22-14-18-8-5-12-27-18)23-24-21(25)28-15-17-7-4-6-16(2)13-17/h3-4,6-7,13,18H,1,5,8-12,14-15H2,2H3,(H,22,26). The average molecular weight is 401 g/mol. The van der Waals surface area contributed by atoms with Gasteiger partial charge in [-0.25, -0.2) is 0 Å². The van der Waals surface area contributed by atoms with Gasteiger partial charge in [-0.3, -0.25) is 4.79 Å². The summed E-state index contributed by atoms with van der Waals surface area (Å²) in [6, 6.07) is 8.46. The van der Waals surface area contributed by atoms with E-state index >= 15 is 0 Å². The van der Waals surface area contributed by atoms with Gasteiger partial charge in [0.25, 0.3) is 0 Å². The van der Waals surface area contributed by atoms with E-state index in [4.69, 9.17) is 4.74 Å². The predicted octanol–water partition coefficient (Wildman–Crippen LogP) is 3.29. The van der Waals surface area contributed by atoms with Crippen molar-refractivity contribution in [3.05, 3.63) is 53.9 Å². The summed E-state index contributed by atoms with van der Waals surface area (Å²) in [7, 11) is 0. The van der Waals surface area contributed by atoms with Crippen molar-refractivity contribution < 1.29 is 9.53 Å². The number of carbonyl (C=O) groups excluding carboxylic acids is 1. The lowest BCUT2D eigenvalue weighted by molar-refractivity contribution is -0.121. The third-order valence-corrected chi connectivity index (χ3v) is 5.72. The molecule has 1 aliphatic rings. The van der Waals surface area contributed by atoms with Gasteiger partial charge in [0.1, 0.15) is 5.82 Å². The highest BCUT2D eigenvalue weighted by molar-refractivity contribution is 7.98. The molecule has 1 saturated heterocycles. The first-order chi connectivity index (χ1) is 13.7. The van der Waals surface area contributed by atoms with Crippen LogP contribution in [0.3, 0.4) is 0 Å². The number of carbonyl (C=O) groups is 1. The largest absolute Gasteiger partial charge is 0.376 e. The van der Waals surface area contributed by atoms with Crippen LogP contribution in [0.4, 0.5) is 0 Å². The minimum absolute atomic E-state index is 0.0256. The maximum absolute atomic E-state index is 12.1. The average Bonchev–Trinajstić information content (AvgIpc) is 3.34. The van der Waals surface area contributed by atoms with Crippen molar-refractivity contribution in [2.24, 2.45) is 0 Å². The molecule has 150 valence electrons. The number of amides is 1. The molecule has 1 fully saturated rings. The van der Waals surface area contributed by atoms with Gasteiger partial charge in [0.15, 0.2) is 5.16 Å². The number of hydrogen-bond acceptors (Lipinski definition) is 5. The molecular formula is C21H28N4O2S. The Kier molecular flexibility index (Phi) is 7.68. The number of hydrogen-bond donors (Lipinski definition) is 1. The summed E-state index contributed by atoms with van der Waals surface area (Å²) >= 11 is 1.66. The molecular weight excluding hydrogens is 372 g/mol. The number of ether oxygens (including phenoxy) is 1. The van der Waals surface area contributed by atoms with E-state index in [-0.39, 0.29) is 12.0 Å². The summed E-state index contributed by atoms with van der Waals surface area (Å²) < 4.78 is 7.58. The van der Waals surface area contributed by atoms with E-state index in [1.54, 1.807) is 11.8 Å². The number of benzene rings is 1. The molecule has 1 aliphatic heterocycles. The molecule has 0 bridgehead atoms. The van der Waals surface area contributed by atoms with E-state index in [0.29, 0.717) is 25.9 Å². The molecule has 1 unspecified atom stereocenters. The minimum Gasteiger partial charge on any atom is -0.376 e. The van der Waals surface area contributed by atoms with E-state index in [9.17, 15) is 4.79 Å². The summed E-state index contributed by atoms with van der Waals surface area (Å²) in [6.45, 7) is 7.96. The Morgan fingerprint density at radius 2 is 2.36 bits per heavy atom. The summed E-state index contributed by atoms with van der Waals surface area (Å²) in [4.78, 5) is 12.1. The Morgan fingerprint density at radius 3 is 3.11 bits per heavy atom. The third kappa shape index (κ3) is 5.94. The molecule has 2 aromatic rings. The van der Waals surface area contributed by atoms with Crippen molar-refractivity contribution in [3.63, 3.8) is 0 Å². The summed E-state index contributed by atoms with van der Waals surface area (Å²) in [5, 5.41) is 12.5. The molecule has 1 N–H and O–H groups in total. The topological polar surface area (TPSA) is 69.0 Å². The fourth-order valence-electron chi connectivity index (χ4n) is 3.22. The number of rotatable bonds is 10. The lowest BCUT2D eigenvalue weighted by Gasteiger charge is -2.11.